The van der Waals surface area contributed by atoms with Crippen molar-refractivity contribution in [2.24, 2.45) is 0 Å². The van der Waals surface area contributed by atoms with Gasteiger partial charge in [-0.2, -0.15) is 9.97 Å². The van der Waals surface area contributed by atoms with Crippen molar-refractivity contribution in [1.29, 1.82) is 5.41 Å². The van der Waals surface area contributed by atoms with Gasteiger partial charge in [0.25, 0.3) is 17.7 Å². The zero-order valence-electron chi connectivity index (χ0n) is 66.0. The van der Waals surface area contributed by atoms with Crippen molar-refractivity contribution in [3.8, 4) is 22.8 Å². The number of nitrogen functional groups attached to an aromatic ring is 2. The molecule has 6 aromatic heterocycles. The van der Waals surface area contributed by atoms with Crippen LogP contribution in [-0.4, -0.2) is 166 Å². The van der Waals surface area contributed by atoms with Crippen molar-refractivity contribution in [3.63, 3.8) is 0 Å². The third kappa shape index (κ3) is 22.5. The van der Waals surface area contributed by atoms with Crippen LogP contribution in [0.2, 0.25) is 0 Å². The smallest absolute Gasteiger partial charge is 0.870 e. The SMILES string of the molecule is CCOC(=O)c1ccc2c(c1)sc(=N)n2NC(=O)c1ccc(C(=O)O)cc1.CCOC(=O)c1ccc2c(c1)sc(N)[n+]2N.CCOC(=O)c1ccc2c(c1)sc1nc(-c3ccc(C(=O)NC)cc3)nn12.CNC(=O)c1ccc(-c2nc3sc4cc(C(=O)O)ccc4n3n2)cc1.Cc1cc(C)c(S(=O)(=O)[O-])c(C)c1.O=C(O)c1ccc(C(=O)O)cc1.[Na+].[OH-]. The van der Waals surface area contributed by atoms with Crippen LogP contribution < -0.4 is 66.7 Å². The number of carboxylic acid groups (broad SMARTS) is 4. The minimum absolute atomic E-state index is 0. The Labute approximate surface area is 729 Å². The summed E-state index contributed by atoms with van der Waals surface area (Å²) in [6.45, 7) is 11.4. The molecule has 13 N–H and O–H groups in total. The van der Waals surface area contributed by atoms with Gasteiger partial charge in [-0.05, 0) is 210 Å². The summed E-state index contributed by atoms with van der Waals surface area (Å²) in [4.78, 5) is 124. The number of carbonyl (C=O) groups excluding carboxylic acids is 6. The predicted octanol–water partition coefficient (Wildman–Crippen LogP) is 8.34. The topological polar surface area (TPSA) is 548 Å². The number of nitrogens with two attached hydrogens (primary N) is 2. The summed E-state index contributed by atoms with van der Waals surface area (Å²) >= 11 is 5.28. The van der Waals surface area contributed by atoms with Crippen molar-refractivity contribution < 1.29 is 135 Å². The summed E-state index contributed by atoms with van der Waals surface area (Å²) in [5.41, 5.74) is 18.3. The van der Waals surface area contributed by atoms with E-state index in [9.17, 15) is 60.9 Å². The van der Waals surface area contributed by atoms with Gasteiger partial charge in [0.15, 0.2) is 17.2 Å². The van der Waals surface area contributed by atoms with E-state index < -0.39 is 45.9 Å². The second-order valence-corrected chi connectivity index (χ2v) is 30.6. The summed E-state index contributed by atoms with van der Waals surface area (Å²) in [6.07, 6.45) is 0. The second kappa shape index (κ2) is 41.4. The molecular formula is C81H73N14NaO21S5. The first-order valence-corrected chi connectivity index (χ1v) is 40.2. The number of aromatic carboxylic acids is 4. The van der Waals surface area contributed by atoms with Crippen LogP contribution in [0.1, 0.15) is 141 Å². The number of rotatable bonds is 17. The quantitative estimate of drug-likeness (QED) is 0.0102. The molecule has 0 spiro atoms. The number of hydrogen-bond acceptors (Lipinski definition) is 28. The molecule has 6 heterocycles. The average Bonchev–Trinajstić information content (AvgIpc) is 1.61. The number of aryl methyl sites for hydroxylation is 3. The van der Waals surface area contributed by atoms with E-state index in [1.807, 2.05) is 25.1 Å². The maximum absolute atomic E-state index is 12.4. The van der Waals surface area contributed by atoms with Crippen LogP contribution in [0.25, 0.3) is 73.6 Å². The molecule has 3 amide bonds. The number of amides is 3. The first-order chi connectivity index (χ1) is 57.1. The van der Waals surface area contributed by atoms with Crippen molar-refractivity contribution >= 4 is 171 Å². The number of carboxylic acids is 4. The van der Waals surface area contributed by atoms with Crippen molar-refractivity contribution in [1.82, 2.24) is 44.5 Å². The third-order valence-corrected chi connectivity index (χ3v) is 22.1. The number of carbonyl (C=O) groups is 10. The molecule has 15 rings (SSSR count). The minimum atomic E-state index is -4.33. The monoisotopic (exact) mass is 1760 g/mol. The standard InChI is InChI=1S/C19H16N4O3S.C18H15N3O5S.C17H12N4O3S.C10H11N3O2S.C9H12O3S.C8H6O4.Na.H2O/c1-3-26-18(25)13-8-9-14-15(10-13)27-19-21-16(22-23(14)19)11-4-6-12(7-5-11)17(24)20-2;1-2-26-17(25)12-7-8-13-14(9-12)27-18(19)21(13)20-15(22)10-3-5-11(6-4-10)16(23)24;1-18-15(22)10-4-2-9(3-5-10)14-19-17-21(20-14)12-7-6-11(16(23)24)8-13(12)25-17;1-2-15-9(14)6-3-4-7-8(5-6)16-10(11)13(7)12;1-6-4-7(2)9(8(3)5-6)13(10,11)12;9-7(10)5-1-2-6(4-3-5)8(11)12;;/h4-10H,3H2,1-2H3,(H,20,24);3-9,19H,2H2,1H3,(H,20,22)(H,23,24);2-8H,1H3,(H,18,22)(H,23,24);3-5,11H,2,12H2,1H3;4-5H,1-3H3,(H,10,11,12);1-4H,(H,9,10)(H,11,12);;1H2/q;;;;;;+1;/p-1. The van der Waals surface area contributed by atoms with Crippen LogP contribution in [0.15, 0.2) is 187 Å². The predicted molar refractivity (Wildman–Crippen MR) is 449 cm³/mol. The first kappa shape index (κ1) is 93.9. The van der Waals surface area contributed by atoms with Crippen molar-refractivity contribution in [2.75, 3.05) is 50.9 Å². The van der Waals surface area contributed by atoms with Gasteiger partial charge >= 0.3 is 76.5 Å². The Kier molecular flexibility index (Phi) is 31.9. The summed E-state index contributed by atoms with van der Waals surface area (Å²) in [6, 6.07) is 48.3. The van der Waals surface area contributed by atoms with Crippen LogP contribution in [0.5, 0.6) is 0 Å². The van der Waals surface area contributed by atoms with Gasteiger partial charge in [0.2, 0.25) is 14.7 Å². The molecule has 624 valence electrons. The van der Waals surface area contributed by atoms with E-state index in [4.69, 9.17) is 51.6 Å². The largest absolute Gasteiger partial charge is 1.00 e. The van der Waals surface area contributed by atoms with E-state index in [0.717, 1.165) is 63.6 Å². The molecular weight excluding hydrogens is 1690 g/mol. The summed E-state index contributed by atoms with van der Waals surface area (Å²) in [5.74, 6) is 0.793. The Bertz CT molecular complexity index is 6630. The Morgan fingerprint density at radius 3 is 1.17 bits per heavy atom. The van der Waals surface area contributed by atoms with Crippen LogP contribution in [0.4, 0.5) is 5.13 Å². The molecule has 0 aliphatic rings. The summed E-state index contributed by atoms with van der Waals surface area (Å²) in [5, 5.41) is 57.8. The van der Waals surface area contributed by atoms with Gasteiger partial charge in [-0.15, -0.1) is 14.9 Å². The fourth-order valence-corrected chi connectivity index (χ4v) is 16.2. The molecule has 15 aromatic rings. The number of fused-ring (bicyclic) bond motifs is 8. The van der Waals surface area contributed by atoms with E-state index in [2.05, 4.69) is 36.2 Å². The first-order valence-electron chi connectivity index (χ1n) is 35.6. The zero-order chi connectivity index (χ0) is 87.1. The Morgan fingerprint density at radius 2 is 0.795 bits per heavy atom. The van der Waals surface area contributed by atoms with Gasteiger partial charge in [0, 0.05) is 41.9 Å². The van der Waals surface area contributed by atoms with Gasteiger partial charge in [-0.25, -0.2) is 55.7 Å². The minimum Gasteiger partial charge on any atom is -0.870 e. The Balaban J connectivity index is 0.000000186. The van der Waals surface area contributed by atoms with Crippen molar-refractivity contribution in [3.05, 3.63) is 259 Å². The van der Waals surface area contributed by atoms with Gasteiger partial charge < -0.3 is 55.3 Å². The van der Waals surface area contributed by atoms with Gasteiger partial charge in [-0.1, -0.05) is 76.0 Å². The molecule has 0 aliphatic heterocycles. The Hall–Kier alpha value is -13.6. The van der Waals surface area contributed by atoms with Crippen molar-refractivity contribution in [2.45, 2.75) is 46.4 Å². The zero-order valence-corrected chi connectivity index (χ0v) is 72.1. The number of benzene rings is 9. The molecule has 35 nitrogen and oxygen atoms in total. The molecule has 0 unspecified atom stereocenters. The number of aromatic nitrogens is 8. The maximum atomic E-state index is 12.4. The van der Waals surface area contributed by atoms with E-state index >= 15 is 0 Å². The van der Waals surface area contributed by atoms with Crippen LogP contribution in [0.3, 0.4) is 0 Å². The molecule has 0 saturated heterocycles. The molecule has 0 radical (unpaired) electrons. The maximum Gasteiger partial charge on any atom is 1.00 e. The van der Waals surface area contributed by atoms with Crippen LogP contribution in [0, 0.1) is 26.2 Å². The number of nitrogens with one attached hydrogen (secondary N) is 4. The molecule has 0 fully saturated rings. The molecule has 9 aromatic carbocycles. The fraction of sp³-hybridized carbons (Fsp3) is 0.136. The number of nitrogens with zero attached hydrogens (tertiary/aromatic N) is 8. The number of hydrogen-bond donors (Lipinski definition) is 10. The van der Waals surface area contributed by atoms with Crippen LogP contribution >= 0.6 is 45.3 Å². The van der Waals surface area contributed by atoms with E-state index in [0.29, 0.717) is 84.1 Å². The molecule has 41 heteroatoms. The van der Waals surface area contributed by atoms with E-state index in [1.165, 1.54) is 91.9 Å². The van der Waals surface area contributed by atoms with E-state index in [-0.39, 0.29) is 103 Å². The van der Waals surface area contributed by atoms with E-state index in [1.54, 1.807) is 173 Å². The van der Waals surface area contributed by atoms with Gasteiger partial charge in [0.05, 0.1) is 99.0 Å². The van der Waals surface area contributed by atoms with Gasteiger partial charge in [-0.3, -0.25) is 36.8 Å². The third-order valence-electron chi connectivity index (χ3n) is 17.1. The van der Waals surface area contributed by atoms with Crippen LogP contribution in [-0.2, 0) is 24.3 Å². The Morgan fingerprint density at radius 1 is 0.467 bits per heavy atom. The van der Waals surface area contributed by atoms with Gasteiger partial charge in [0.1, 0.15) is 10.1 Å². The normalized spacial score (nSPS) is 10.6. The molecule has 0 bridgehead atoms. The molecule has 0 saturated carbocycles. The second-order valence-electron chi connectivity index (χ2n) is 25.2. The average molecular weight is 1760 g/mol. The number of anilines is 1. The molecule has 0 aliphatic carbocycles. The molecule has 122 heavy (non-hydrogen) atoms. The fourth-order valence-electron chi connectivity index (χ4n) is 11.5. The number of thiazole rings is 4. The molecule has 0 atom stereocenters. The summed E-state index contributed by atoms with van der Waals surface area (Å²) in [7, 11) is -1.15. The number of esters is 3. The summed E-state index contributed by atoms with van der Waals surface area (Å²) < 4.78 is 56.8. The number of ether oxygens (including phenoxy) is 3.